The Kier molecular flexibility index (Phi) is 6.22. The van der Waals surface area contributed by atoms with Crippen molar-refractivity contribution < 1.29 is 18.7 Å². The summed E-state index contributed by atoms with van der Waals surface area (Å²) in [6.07, 6.45) is 6.41. The lowest BCUT2D eigenvalue weighted by Crippen LogP contribution is -2.65. The van der Waals surface area contributed by atoms with Gasteiger partial charge in [-0.3, -0.25) is 14.5 Å². The molecular formula is C25H36N4O4. The smallest absolute Gasteiger partial charge is 0.271 e. The monoisotopic (exact) mass is 456 g/mol. The van der Waals surface area contributed by atoms with Gasteiger partial charge >= 0.3 is 0 Å². The molecule has 2 fully saturated rings. The maximum absolute atomic E-state index is 13.7. The van der Waals surface area contributed by atoms with E-state index in [1.165, 1.54) is 6.42 Å². The Morgan fingerprint density at radius 1 is 1.15 bits per heavy atom. The van der Waals surface area contributed by atoms with Gasteiger partial charge in [-0.2, -0.15) is 0 Å². The number of rotatable bonds is 6. The van der Waals surface area contributed by atoms with Crippen molar-refractivity contribution in [1.29, 1.82) is 0 Å². The van der Waals surface area contributed by atoms with E-state index in [0.29, 0.717) is 24.4 Å². The van der Waals surface area contributed by atoms with Crippen molar-refractivity contribution in [2.45, 2.75) is 70.5 Å². The predicted octanol–water partition coefficient (Wildman–Crippen LogP) is 2.93. The van der Waals surface area contributed by atoms with Gasteiger partial charge in [0.05, 0.1) is 25.3 Å². The molecule has 1 atom stereocenters. The van der Waals surface area contributed by atoms with Crippen LogP contribution in [-0.4, -0.2) is 77.2 Å². The Morgan fingerprint density at radius 2 is 1.91 bits per heavy atom. The Morgan fingerprint density at radius 3 is 2.67 bits per heavy atom. The number of hydrogen-bond acceptors (Lipinski definition) is 5. The Labute approximate surface area is 195 Å². The van der Waals surface area contributed by atoms with Crippen molar-refractivity contribution >= 4 is 22.9 Å². The molecule has 1 aliphatic carbocycles. The summed E-state index contributed by atoms with van der Waals surface area (Å²) in [6.45, 7) is 9.09. The molecule has 2 aromatic rings. The second-order valence-corrected chi connectivity index (χ2v) is 10.1. The van der Waals surface area contributed by atoms with Gasteiger partial charge in [0.25, 0.3) is 5.91 Å². The second kappa shape index (κ2) is 9.14. The molecule has 3 aliphatic rings. The predicted molar refractivity (Wildman–Crippen MR) is 125 cm³/mol. The minimum atomic E-state index is -0.941. The number of nitrogens with one attached hydrogen (secondary N) is 1. The summed E-state index contributed by atoms with van der Waals surface area (Å²) in [7, 11) is 0. The molecule has 0 aromatic carbocycles. The molecule has 4 heterocycles. The van der Waals surface area contributed by atoms with E-state index in [1.54, 1.807) is 0 Å². The van der Waals surface area contributed by atoms with Crippen molar-refractivity contribution in [2.24, 2.45) is 0 Å². The van der Waals surface area contributed by atoms with Gasteiger partial charge in [0.2, 0.25) is 5.91 Å². The second-order valence-electron chi connectivity index (χ2n) is 10.1. The highest BCUT2D eigenvalue weighted by atomic mass is 16.5. The number of amides is 2. The molecule has 2 amide bonds. The van der Waals surface area contributed by atoms with Crippen LogP contribution in [0.5, 0.6) is 0 Å². The lowest BCUT2D eigenvalue weighted by Gasteiger charge is -2.45. The number of carbonyl (C=O) groups excluding carboxylic acids is 2. The van der Waals surface area contributed by atoms with Crippen LogP contribution in [0.3, 0.4) is 0 Å². The van der Waals surface area contributed by atoms with E-state index in [2.05, 4.69) is 10.2 Å². The highest BCUT2D eigenvalue weighted by Crippen LogP contribution is 2.34. The first-order valence-corrected chi connectivity index (χ1v) is 12.5. The Bertz CT molecular complexity index is 1020. The van der Waals surface area contributed by atoms with E-state index in [-0.39, 0.29) is 17.9 Å². The largest absolute Gasteiger partial charge is 0.460 e. The summed E-state index contributed by atoms with van der Waals surface area (Å²) in [4.78, 5) is 31.6. The summed E-state index contributed by atoms with van der Waals surface area (Å²) >= 11 is 0. The van der Waals surface area contributed by atoms with Gasteiger partial charge in [-0.1, -0.05) is 19.3 Å². The van der Waals surface area contributed by atoms with Crippen molar-refractivity contribution in [3.63, 3.8) is 0 Å². The maximum Gasteiger partial charge on any atom is 0.271 e. The van der Waals surface area contributed by atoms with Crippen LogP contribution in [0.2, 0.25) is 0 Å². The Hall–Kier alpha value is -2.32. The van der Waals surface area contributed by atoms with E-state index in [0.717, 1.165) is 76.2 Å². The summed E-state index contributed by atoms with van der Waals surface area (Å²) in [6, 6.07) is 3.99. The fourth-order valence-electron chi connectivity index (χ4n) is 5.68. The van der Waals surface area contributed by atoms with Gasteiger partial charge < -0.3 is 23.9 Å². The van der Waals surface area contributed by atoms with Crippen LogP contribution in [0, 0.1) is 6.92 Å². The van der Waals surface area contributed by atoms with Gasteiger partial charge in [0, 0.05) is 44.4 Å². The number of aryl methyl sites for hydroxylation is 1. The van der Waals surface area contributed by atoms with E-state index < -0.39 is 5.54 Å². The molecule has 180 valence electrons. The van der Waals surface area contributed by atoms with Crippen molar-refractivity contribution in [1.82, 2.24) is 19.7 Å². The average Bonchev–Trinajstić information content (AvgIpc) is 3.34. The molecule has 2 aromatic heterocycles. The van der Waals surface area contributed by atoms with Crippen LogP contribution >= 0.6 is 0 Å². The van der Waals surface area contributed by atoms with Crippen LogP contribution in [0.25, 0.3) is 11.1 Å². The third-order valence-electron chi connectivity index (χ3n) is 7.63. The van der Waals surface area contributed by atoms with Crippen LogP contribution in [0.4, 0.5) is 0 Å². The molecule has 1 saturated heterocycles. The van der Waals surface area contributed by atoms with Gasteiger partial charge in [0.1, 0.15) is 17.0 Å². The number of ether oxygens (including phenoxy) is 1. The first kappa shape index (κ1) is 22.5. The topological polar surface area (TPSA) is 80.0 Å². The van der Waals surface area contributed by atoms with Crippen molar-refractivity contribution in [2.75, 3.05) is 39.4 Å². The quantitative estimate of drug-likeness (QED) is 0.723. The minimum absolute atomic E-state index is 0.0400. The fourth-order valence-corrected chi connectivity index (χ4v) is 5.68. The lowest BCUT2D eigenvalue weighted by atomic mass is 9.91. The number of furan rings is 1. The van der Waals surface area contributed by atoms with Crippen LogP contribution in [-0.2, 0) is 16.1 Å². The van der Waals surface area contributed by atoms with Gasteiger partial charge in [-0.25, -0.2) is 0 Å². The number of aromatic nitrogens is 1. The molecular weight excluding hydrogens is 420 g/mol. The zero-order valence-electron chi connectivity index (χ0n) is 19.9. The third kappa shape index (κ3) is 4.30. The number of fused-ring (bicyclic) bond motifs is 3. The van der Waals surface area contributed by atoms with Gasteiger partial charge in [-0.15, -0.1) is 0 Å². The molecule has 0 unspecified atom stereocenters. The molecule has 33 heavy (non-hydrogen) atoms. The lowest BCUT2D eigenvalue weighted by molar-refractivity contribution is -0.133. The normalized spacial score (nSPS) is 24.9. The van der Waals surface area contributed by atoms with E-state index in [4.69, 9.17) is 9.15 Å². The molecule has 1 N–H and O–H groups in total. The fraction of sp³-hybridized carbons (Fsp3) is 0.680. The van der Waals surface area contributed by atoms with Crippen LogP contribution < -0.4 is 5.32 Å². The van der Waals surface area contributed by atoms with Crippen LogP contribution in [0.1, 0.15) is 61.7 Å². The van der Waals surface area contributed by atoms with Crippen molar-refractivity contribution in [3.8, 4) is 0 Å². The number of morpholine rings is 1. The summed E-state index contributed by atoms with van der Waals surface area (Å²) in [5.74, 6) is 0.680. The van der Waals surface area contributed by atoms with E-state index in [9.17, 15) is 9.59 Å². The highest BCUT2D eigenvalue weighted by Gasteiger charge is 2.48. The SMILES string of the molecule is Cc1cc2c(cc3n2C[C@@](C)(C(=O)NC2CCCCC2)N(CCCN2CCOCC2)C3=O)o1. The standard InChI is InChI=1S/C25H36N4O4/c1-18-15-20-22(33-18)16-21-23(30)29(10-6-9-27-11-13-32-14-12-27)25(2,17-28(20)21)24(31)26-19-7-4-3-5-8-19/h15-16,19H,3-14,17H2,1-2H3,(H,26,31)/t25-/m0/s1. The third-order valence-corrected chi connectivity index (χ3v) is 7.63. The number of nitrogens with zero attached hydrogens (tertiary/aromatic N) is 3. The summed E-state index contributed by atoms with van der Waals surface area (Å²) in [5.41, 5.74) is 1.27. The molecule has 5 rings (SSSR count). The van der Waals surface area contributed by atoms with E-state index >= 15 is 0 Å². The molecule has 8 heteroatoms. The molecule has 8 nitrogen and oxygen atoms in total. The Balaban J connectivity index is 1.40. The zero-order chi connectivity index (χ0) is 23.0. The highest BCUT2D eigenvalue weighted by molar-refractivity contribution is 6.03. The average molecular weight is 457 g/mol. The number of hydrogen-bond donors (Lipinski definition) is 1. The zero-order valence-corrected chi connectivity index (χ0v) is 19.9. The molecule has 1 saturated carbocycles. The molecule has 0 bridgehead atoms. The molecule has 0 radical (unpaired) electrons. The van der Waals surface area contributed by atoms with Crippen LogP contribution in [0.15, 0.2) is 16.5 Å². The van der Waals surface area contributed by atoms with Gasteiger partial charge in [0.15, 0.2) is 5.58 Å². The van der Waals surface area contributed by atoms with Gasteiger partial charge in [-0.05, 0) is 33.1 Å². The van der Waals surface area contributed by atoms with E-state index in [1.807, 2.05) is 35.4 Å². The first-order chi connectivity index (χ1) is 16.0. The summed E-state index contributed by atoms with van der Waals surface area (Å²) < 4.78 is 13.2. The van der Waals surface area contributed by atoms with Crippen molar-refractivity contribution in [3.05, 3.63) is 23.6 Å². The number of carbonyl (C=O) groups is 2. The minimum Gasteiger partial charge on any atom is -0.460 e. The first-order valence-electron chi connectivity index (χ1n) is 12.5. The molecule has 2 aliphatic heterocycles. The molecule has 0 spiro atoms. The summed E-state index contributed by atoms with van der Waals surface area (Å²) in [5, 5.41) is 3.30. The maximum atomic E-state index is 13.7.